The molecule has 2 aromatic rings. The van der Waals surface area contributed by atoms with E-state index in [2.05, 4.69) is 71.9 Å². The molecule has 2 aromatic carbocycles. The molecule has 0 aromatic heterocycles. The molecule has 0 spiro atoms. The zero-order valence-corrected chi connectivity index (χ0v) is 17.6. The molecule has 0 N–H and O–H groups in total. The van der Waals surface area contributed by atoms with Crippen molar-refractivity contribution < 1.29 is 4.79 Å². The van der Waals surface area contributed by atoms with Crippen LogP contribution >= 0.6 is 0 Å². The van der Waals surface area contributed by atoms with Gasteiger partial charge in [-0.05, 0) is 70.1 Å². The Labute approximate surface area is 164 Å². The molecule has 1 unspecified atom stereocenters. The van der Waals surface area contributed by atoms with Crippen LogP contribution in [-0.4, -0.2) is 6.29 Å². The smallest absolute Gasteiger partial charge is 0.142 e. The molecule has 3 rings (SSSR count). The van der Waals surface area contributed by atoms with E-state index in [9.17, 15) is 4.79 Å². The van der Waals surface area contributed by atoms with Gasteiger partial charge in [0, 0.05) is 5.92 Å². The largest absolute Gasteiger partial charge is 0.299 e. The van der Waals surface area contributed by atoms with Gasteiger partial charge in [-0.3, -0.25) is 4.79 Å². The maximum absolute atomic E-state index is 10.6. The Morgan fingerprint density at radius 2 is 1.59 bits per heavy atom. The lowest BCUT2D eigenvalue weighted by atomic mass is 9.62. The third kappa shape index (κ3) is 3.78. The summed E-state index contributed by atoms with van der Waals surface area (Å²) in [4.78, 5) is 10.6. The molecule has 0 heterocycles. The second-order valence-electron chi connectivity index (χ2n) is 9.41. The zero-order chi connectivity index (χ0) is 19.8. The van der Waals surface area contributed by atoms with E-state index in [1.54, 1.807) is 6.08 Å². The van der Waals surface area contributed by atoms with E-state index in [0.717, 1.165) is 11.8 Å². The van der Waals surface area contributed by atoms with Crippen molar-refractivity contribution in [3.63, 3.8) is 0 Å². The number of aldehydes is 1. The molecule has 1 nitrogen and oxygen atoms in total. The number of hydrogen-bond acceptors (Lipinski definition) is 1. The van der Waals surface area contributed by atoms with E-state index in [0.29, 0.717) is 5.92 Å². The van der Waals surface area contributed by atoms with Crippen LogP contribution in [0.5, 0.6) is 0 Å². The third-order valence-electron chi connectivity index (χ3n) is 6.48. The topological polar surface area (TPSA) is 17.1 Å². The Kier molecular flexibility index (Phi) is 5.16. The van der Waals surface area contributed by atoms with Crippen molar-refractivity contribution in [1.29, 1.82) is 0 Å². The molecule has 1 aliphatic carbocycles. The van der Waals surface area contributed by atoms with Crippen LogP contribution in [-0.2, 0) is 15.6 Å². The van der Waals surface area contributed by atoms with Gasteiger partial charge in [-0.2, -0.15) is 0 Å². The van der Waals surface area contributed by atoms with Crippen LogP contribution in [0.15, 0.2) is 42.5 Å². The lowest BCUT2D eigenvalue weighted by Crippen LogP contribution is -2.34. The van der Waals surface area contributed by atoms with Crippen molar-refractivity contribution in [3.05, 3.63) is 75.9 Å². The van der Waals surface area contributed by atoms with Crippen LogP contribution in [0.1, 0.15) is 86.8 Å². The highest BCUT2D eigenvalue weighted by molar-refractivity contribution is 5.74. The number of carbonyl (C=O) groups excluding carboxylic acids is 1. The number of carbonyl (C=O) groups is 1. The van der Waals surface area contributed by atoms with Crippen LogP contribution in [0.2, 0.25) is 0 Å². The molecule has 0 saturated heterocycles. The summed E-state index contributed by atoms with van der Waals surface area (Å²) in [6.07, 6.45) is 6.73. The van der Waals surface area contributed by atoms with E-state index < -0.39 is 0 Å². The molecule has 1 heteroatoms. The lowest BCUT2D eigenvalue weighted by Gasteiger charge is -2.42. The predicted octanol–water partition coefficient (Wildman–Crippen LogP) is 6.71. The Bertz CT molecular complexity index is 883. The van der Waals surface area contributed by atoms with Gasteiger partial charge in [0.2, 0.25) is 0 Å². The summed E-state index contributed by atoms with van der Waals surface area (Å²) in [6.45, 7) is 14.1. The van der Waals surface area contributed by atoms with Gasteiger partial charge < -0.3 is 0 Å². The minimum atomic E-state index is 0.224. The molecule has 0 amide bonds. The number of aryl methyl sites for hydroxylation is 1. The quantitative estimate of drug-likeness (QED) is 0.437. The molecular formula is C26H32O. The van der Waals surface area contributed by atoms with Crippen molar-refractivity contribution >= 4 is 12.4 Å². The molecule has 0 aliphatic heterocycles. The van der Waals surface area contributed by atoms with Gasteiger partial charge in [-0.1, -0.05) is 77.1 Å². The number of benzene rings is 2. The summed E-state index contributed by atoms with van der Waals surface area (Å²) in [5.41, 5.74) is 8.66. The molecule has 0 radical (unpaired) electrons. The highest BCUT2D eigenvalue weighted by atomic mass is 16.1. The van der Waals surface area contributed by atoms with E-state index in [4.69, 9.17) is 0 Å². The first-order valence-corrected chi connectivity index (χ1v) is 10.0. The van der Waals surface area contributed by atoms with Gasteiger partial charge in [0.15, 0.2) is 0 Å². The van der Waals surface area contributed by atoms with Crippen molar-refractivity contribution in [2.24, 2.45) is 0 Å². The molecule has 27 heavy (non-hydrogen) atoms. The number of rotatable bonds is 4. The van der Waals surface area contributed by atoms with E-state index in [-0.39, 0.29) is 10.8 Å². The van der Waals surface area contributed by atoms with Crippen LogP contribution in [0.4, 0.5) is 0 Å². The van der Waals surface area contributed by atoms with E-state index in [1.165, 1.54) is 40.7 Å². The highest BCUT2D eigenvalue weighted by Gasteiger charge is 2.37. The minimum absolute atomic E-state index is 0.224. The van der Waals surface area contributed by atoms with Gasteiger partial charge in [0.25, 0.3) is 0 Å². The van der Waals surface area contributed by atoms with Crippen molar-refractivity contribution in [2.75, 3.05) is 0 Å². The maximum Gasteiger partial charge on any atom is 0.142 e. The molecule has 0 bridgehead atoms. The highest BCUT2D eigenvalue weighted by Crippen LogP contribution is 2.47. The Balaban J connectivity index is 2.08. The van der Waals surface area contributed by atoms with Gasteiger partial charge in [-0.25, -0.2) is 0 Å². The molecule has 1 atom stereocenters. The second-order valence-corrected chi connectivity index (χ2v) is 9.41. The summed E-state index contributed by atoms with van der Waals surface area (Å²) in [6, 6.07) is 13.4. The van der Waals surface area contributed by atoms with Crippen LogP contribution in [0, 0.1) is 6.92 Å². The molecular weight excluding hydrogens is 328 g/mol. The SMILES string of the molecule is Cc1cc2c(cc1C(C)c1cccc(C=CC=O)c1)C(C)(C)CCC2(C)C. The monoisotopic (exact) mass is 360 g/mol. The lowest BCUT2D eigenvalue weighted by molar-refractivity contribution is -0.104. The predicted molar refractivity (Wildman–Crippen MR) is 116 cm³/mol. The average molecular weight is 361 g/mol. The molecule has 0 fully saturated rings. The van der Waals surface area contributed by atoms with E-state index >= 15 is 0 Å². The summed E-state index contributed by atoms with van der Waals surface area (Å²) in [7, 11) is 0. The second kappa shape index (κ2) is 7.11. The third-order valence-corrected chi connectivity index (χ3v) is 6.48. The molecule has 0 saturated carbocycles. The van der Waals surface area contributed by atoms with Gasteiger partial charge >= 0.3 is 0 Å². The summed E-state index contributed by atoms with van der Waals surface area (Å²) in [5.74, 6) is 0.320. The van der Waals surface area contributed by atoms with Gasteiger partial charge in [0.1, 0.15) is 6.29 Å². The first kappa shape index (κ1) is 19.6. The summed E-state index contributed by atoms with van der Waals surface area (Å²) in [5, 5.41) is 0. The summed E-state index contributed by atoms with van der Waals surface area (Å²) < 4.78 is 0. The Morgan fingerprint density at radius 3 is 2.22 bits per heavy atom. The van der Waals surface area contributed by atoms with Crippen LogP contribution < -0.4 is 0 Å². The van der Waals surface area contributed by atoms with E-state index in [1.807, 2.05) is 12.1 Å². The molecule has 1 aliphatic rings. The van der Waals surface area contributed by atoms with Crippen molar-refractivity contribution in [2.45, 2.75) is 71.1 Å². The van der Waals surface area contributed by atoms with Crippen molar-refractivity contribution in [1.82, 2.24) is 0 Å². The van der Waals surface area contributed by atoms with Crippen LogP contribution in [0.3, 0.4) is 0 Å². The van der Waals surface area contributed by atoms with Crippen LogP contribution in [0.25, 0.3) is 6.08 Å². The molecule has 142 valence electrons. The zero-order valence-electron chi connectivity index (χ0n) is 17.6. The minimum Gasteiger partial charge on any atom is -0.299 e. The van der Waals surface area contributed by atoms with Crippen molar-refractivity contribution in [3.8, 4) is 0 Å². The fraction of sp³-hybridized carbons (Fsp3) is 0.423. The average Bonchev–Trinajstić information content (AvgIpc) is 2.63. The maximum atomic E-state index is 10.6. The number of allylic oxidation sites excluding steroid dienone is 1. The van der Waals surface area contributed by atoms with Gasteiger partial charge in [-0.15, -0.1) is 0 Å². The first-order valence-electron chi connectivity index (χ1n) is 10.0. The summed E-state index contributed by atoms with van der Waals surface area (Å²) >= 11 is 0. The van der Waals surface area contributed by atoms with Gasteiger partial charge in [0.05, 0.1) is 0 Å². The fourth-order valence-electron chi connectivity index (χ4n) is 4.47. The normalized spacial score (nSPS) is 18.9. The standard InChI is InChI=1S/C26H32O/c1-18-15-23-24(26(5,6)13-12-25(23,3)4)17-22(18)19(2)21-11-7-9-20(16-21)10-8-14-27/h7-11,14-17,19H,12-13H2,1-6H3. The number of fused-ring (bicyclic) bond motifs is 1. The Morgan fingerprint density at radius 1 is 0.963 bits per heavy atom. The number of hydrogen-bond donors (Lipinski definition) is 0. The first-order chi connectivity index (χ1) is 12.7. The fourth-order valence-corrected chi connectivity index (χ4v) is 4.47. The Hall–Kier alpha value is -2.15.